The van der Waals surface area contributed by atoms with Gasteiger partial charge in [0, 0.05) is 60.2 Å². The van der Waals surface area contributed by atoms with E-state index in [0.717, 1.165) is 28.5 Å². The van der Waals surface area contributed by atoms with E-state index in [1.165, 1.54) is 0 Å². The van der Waals surface area contributed by atoms with Gasteiger partial charge in [-0.25, -0.2) is 0 Å². The molecule has 1 aromatic heterocycles. The molecule has 0 fully saturated rings. The maximum absolute atomic E-state index is 14.0. The SMILES string of the molecule is CCCC[C@H](CC(=O)[C@H](Cc1c[nH]c2ccccc12)NC(=O)[C@H](C)CC(=O)c1cccc(Cl)c1Cl)C(=O)C(=O)CCc1ccccc1. The molecule has 246 valence electrons. The van der Waals surface area contributed by atoms with Crippen molar-refractivity contribution in [1.82, 2.24) is 10.3 Å². The first-order chi connectivity index (χ1) is 22.6. The van der Waals surface area contributed by atoms with E-state index < -0.39 is 35.4 Å². The maximum Gasteiger partial charge on any atom is 0.223 e. The number of aromatic nitrogens is 1. The predicted octanol–water partition coefficient (Wildman–Crippen LogP) is 7.95. The van der Waals surface area contributed by atoms with E-state index in [4.69, 9.17) is 23.2 Å². The lowest BCUT2D eigenvalue weighted by atomic mass is 9.86. The van der Waals surface area contributed by atoms with E-state index in [1.54, 1.807) is 31.3 Å². The summed E-state index contributed by atoms with van der Waals surface area (Å²) in [5.74, 6) is -3.77. The maximum atomic E-state index is 14.0. The zero-order valence-corrected chi connectivity index (χ0v) is 28.2. The summed E-state index contributed by atoms with van der Waals surface area (Å²) in [6, 6.07) is 20.9. The minimum Gasteiger partial charge on any atom is -0.361 e. The fourth-order valence-corrected chi connectivity index (χ4v) is 6.10. The third-order valence-corrected chi connectivity index (χ3v) is 9.30. The van der Waals surface area contributed by atoms with Gasteiger partial charge in [-0.1, -0.05) is 104 Å². The van der Waals surface area contributed by atoms with Crippen LogP contribution in [0, 0.1) is 11.8 Å². The van der Waals surface area contributed by atoms with Crippen LogP contribution in [0.25, 0.3) is 10.9 Å². The average molecular weight is 676 g/mol. The summed E-state index contributed by atoms with van der Waals surface area (Å²) < 4.78 is 0. The van der Waals surface area contributed by atoms with Gasteiger partial charge >= 0.3 is 0 Å². The van der Waals surface area contributed by atoms with Crippen molar-refractivity contribution in [2.45, 2.75) is 71.3 Å². The van der Waals surface area contributed by atoms with E-state index in [-0.39, 0.29) is 52.9 Å². The number of amides is 1. The first-order valence-electron chi connectivity index (χ1n) is 16.0. The third-order valence-electron chi connectivity index (χ3n) is 8.48. The van der Waals surface area contributed by atoms with Gasteiger partial charge in [-0.05, 0) is 42.2 Å². The molecular formula is C38H40Cl2N2O5. The summed E-state index contributed by atoms with van der Waals surface area (Å²) in [6.07, 6.45) is 4.05. The van der Waals surface area contributed by atoms with Gasteiger partial charge in [0.05, 0.1) is 16.1 Å². The molecule has 0 bridgehead atoms. The topological polar surface area (TPSA) is 113 Å². The van der Waals surface area contributed by atoms with Gasteiger partial charge in [-0.15, -0.1) is 0 Å². The number of aryl methyl sites for hydroxylation is 1. The van der Waals surface area contributed by atoms with Crippen LogP contribution in [0.5, 0.6) is 0 Å². The van der Waals surface area contributed by atoms with Gasteiger partial charge in [0.25, 0.3) is 0 Å². The summed E-state index contributed by atoms with van der Waals surface area (Å²) in [7, 11) is 0. The van der Waals surface area contributed by atoms with Crippen LogP contribution < -0.4 is 5.32 Å². The lowest BCUT2D eigenvalue weighted by molar-refractivity contribution is -0.140. The molecule has 4 rings (SSSR count). The lowest BCUT2D eigenvalue weighted by Gasteiger charge is -2.22. The fourth-order valence-electron chi connectivity index (χ4n) is 5.69. The van der Waals surface area contributed by atoms with Gasteiger partial charge in [0.2, 0.25) is 11.7 Å². The van der Waals surface area contributed by atoms with Crippen molar-refractivity contribution in [3.63, 3.8) is 0 Å². The summed E-state index contributed by atoms with van der Waals surface area (Å²) >= 11 is 12.3. The van der Waals surface area contributed by atoms with Crippen molar-refractivity contribution in [2.24, 2.45) is 11.8 Å². The van der Waals surface area contributed by atoms with Crippen molar-refractivity contribution in [2.75, 3.05) is 0 Å². The van der Waals surface area contributed by atoms with Crippen molar-refractivity contribution in [3.8, 4) is 0 Å². The van der Waals surface area contributed by atoms with Crippen molar-refractivity contribution in [1.29, 1.82) is 0 Å². The smallest absolute Gasteiger partial charge is 0.223 e. The number of nitrogens with one attached hydrogen (secondary N) is 2. The molecule has 3 aromatic carbocycles. The molecule has 0 spiro atoms. The Morgan fingerprint density at radius 3 is 2.34 bits per heavy atom. The second-order valence-electron chi connectivity index (χ2n) is 12.0. The number of fused-ring (bicyclic) bond motifs is 1. The van der Waals surface area contributed by atoms with E-state index in [1.807, 2.05) is 61.5 Å². The Kier molecular flexibility index (Phi) is 13.1. The molecular weight excluding hydrogens is 635 g/mol. The van der Waals surface area contributed by atoms with Gasteiger partial charge < -0.3 is 10.3 Å². The molecule has 9 heteroatoms. The van der Waals surface area contributed by atoms with E-state index in [2.05, 4.69) is 10.3 Å². The second kappa shape index (κ2) is 17.2. The number of para-hydroxylation sites is 1. The van der Waals surface area contributed by atoms with Crippen LogP contribution >= 0.6 is 23.2 Å². The largest absolute Gasteiger partial charge is 0.361 e. The molecule has 1 heterocycles. The Labute approximate surface area is 285 Å². The minimum atomic E-state index is -0.981. The van der Waals surface area contributed by atoms with E-state index in [0.29, 0.717) is 19.3 Å². The molecule has 4 aromatic rings. The first-order valence-corrected chi connectivity index (χ1v) is 16.8. The number of benzene rings is 3. The molecule has 0 radical (unpaired) electrons. The van der Waals surface area contributed by atoms with Crippen molar-refractivity contribution in [3.05, 3.63) is 106 Å². The second-order valence-corrected chi connectivity index (χ2v) is 12.8. The minimum absolute atomic E-state index is 0.0668. The van der Waals surface area contributed by atoms with Crippen LogP contribution in [-0.2, 0) is 32.0 Å². The molecule has 3 atom stereocenters. The van der Waals surface area contributed by atoms with E-state index in [9.17, 15) is 24.0 Å². The number of unbranched alkanes of at least 4 members (excludes halogenated alkanes) is 1. The highest BCUT2D eigenvalue weighted by molar-refractivity contribution is 6.44. The van der Waals surface area contributed by atoms with Gasteiger partial charge in [0.1, 0.15) is 0 Å². The summed E-state index contributed by atoms with van der Waals surface area (Å²) in [4.78, 5) is 70.1. The normalized spacial score (nSPS) is 13.1. The number of carbonyl (C=O) groups is 5. The summed E-state index contributed by atoms with van der Waals surface area (Å²) in [5, 5.41) is 4.14. The van der Waals surface area contributed by atoms with Crippen LogP contribution in [0.3, 0.4) is 0 Å². The molecule has 0 saturated carbocycles. The van der Waals surface area contributed by atoms with Crippen LogP contribution in [0.1, 0.15) is 73.9 Å². The molecule has 47 heavy (non-hydrogen) atoms. The highest BCUT2D eigenvalue weighted by atomic mass is 35.5. The van der Waals surface area contributed by atoms with Gasteiger partial charge in [-0.3, -0.25) is 24.0 Å². The van der Waals surface area contributed by atoms with Crippen LogP contribution in [0.4, 0.5) is 0 Å². The highest BCUT2D eigenvalue weighted by Crippen LogP contribution is 2.28. The fraction of sp³-hybridized carbons (Fsp3) is 0.342. The zero-order valence-electron chi connectivity index (χ0n) is 26.7. The standard InChI is InChI=1S/C38H40Cl2N2O5/c1-3-4-13-26(37(46)33(43)19-18-25-11-6-5-7-12-25)22-35(45)32(21-27-23-41-31-17-9-8-14-28(27)31)42-38(47)24(2)20-34(44)29-15-10-16-30(39)36(29)40/h5-12,14-17,23-24,26,32,41H,3-4,13,18-22H2,1-2H3,(H,42,47)/t24-,26-,32+/m1/s1. The Morgan fingerprint density at radius 2 is 1.60 bits per heavy atom. The van der Waals surface area contributed by atoms with Crippen molar-refractivity contribution < 1.29 is 24.0 Å². The quantitative estimate of drug-likeness (QED) is 0.0821. The number of rotatable bonds is 18. The Morgan fingerprint density at radius 1 is 0.872 bits per heavy atom. The van der Waals surface area contributed by atoms with E-state index >= 15 is 0 Å². The molecule has 0 aliphatic heterocycles. The molecule has 0 aliphatic rings. The summed E-state index contributed by atoms with van der Waals surface area (Å²) in [6.45, 7) is 3.60. The lowest BCUT2D eigenvalue weighted by Crippen LogP contribution is -2.46. The Bertz CT molecular complexity index is 1730. The van der Waals surface area contributed by atoms with Crippen LogP contribution in [0.2, 0.25) is 10.0 Å². The number of hydrogen-bond donors (Lipinski definition) is 2. The first kappa shape index (κ1) is 35.8. The number of ketones is 4. The molecule has 2 N–H and O–H groups in total. The number of H-pyrrole nitrogens is 1. The predicted molar refractivity (Wildman–Crippen MR) is 186 cm³/mol. The van der Waals surface area contributed by atoms with Crippen LogP contribution in [0.15, 0.2) is 79.0 Å². The molecule has 0 saturated heterocycles. The number of aromatic amines is 1. The number of carbonyl (C=O) groups excluding carboxylic acids is 5. The number of Topliss-reactive ketones (excluding diaryl/α,β-unsaturated/α-hetero) is 4. The highest BCUT2D eigenvalue weighted by Gasteiger charge is 2.32. The molecule has 7 nitrogen and oxygen atoms in total. The third kappa shape index (κ3) is 9.72. The van der Waals surface area contributed by atoms with Gasteiger partial charge in [-0.2, -0.15) is 0 Å². The summed E-state index contributed by atoms with van der Waals surface area (Å²) in [5.41, 5.74) is 2.89. The number of hydrogen-bond acceptors (Lipinski definition) is 5. The molecule has 1 amide bonds. The zero-order chi connectivity index (χ0) is 33.9. The molecule has 0 aliphatic carbocycles. The Hall–Kier alpha value is -4.07. The van der Waals surface area contributed by atoms with Crippen LogP contribution in [-0.4, -0.2) is 40.1 Å². The Balaban J connectivity index is 1.51. The molecule has 0 unspecified atom stereocenters. The van der Waals surface area contributed by atoms with Crippen molar-refractivity contribution >= 4 is 63.1 Å². The number of halogens is 2. The monoisotopic (exact) mass is 674 g/mol. The van der Waals surface area contributed by atoms with Gasteiger partial charge in [0.15, 0.2) is 17.3 Å². The average Bonchev–Trinajstić information content (AvgIpc) is 3.48.